The van der Waals surface area contributed by atoms with Crippen molar-refractivity contribution < 1.29 is 0 Å². The minimum absolute atomic E-state index is 0.834. The summed E-state index contributed by atoms with van der Waals surface area (Å²) < 4.78 is 0. The molecule has 0 radical (unpaired) electrons. The van der Waals surface area contributed by atoms with Crippen molar-refractivity contribution in [1.82, 2.24) is 0 Å². The van der Waals surface area contributed by atoms with E-state index in [0.29, 0.717) is 0 Å². The van der Waals surface area contributed by atoms with E-state index >= 15 is 0 Å². The molecule has 0 fully saturated rings. The summed E-state index contributed by atoms with van der Waals surface area (Å²) in [6.45, 7) is 4.24. The van der Waals surface area contributed by atoms with Crippen LogP contribution in [0.25, 0.3) is 0 Å². The fourth-order valence-electron chi connectivity index (χ4n) is 2.06. The summed E-state index contributed by atoms with van der Waals surface area (Å²) in [4.78, 5) is 0. The molecule has 0 aliphatic heterocycles. The smallest absolute Gasteiger partial charge is 0.0388 e. The van der Waals surface area contributed by atoms with Crippen LogP contribution in [0.2, 0.25) is 0 Å². The molecule has 2 aromatic carbocycles. The summed E-state index contributed by atoms with van der Waals surface area (Å²) in [5.74, 6) is 0. The molecule has 0 unspecified atom stereocenters. The highest BCUT2D eigenvalue weighted by molar-refractivity contribution is 5.64. The third kappa shape index (κ3) is 3.75. The van der Waals surface area contributed by atoms with Gasteiger partial charge >= 0.3 is 0 Å². The van der Waals surface area contributed by atoms with Crippen molar-refractivity contribution in [3.8, 4) is 0 Å². The lowest BCUT2D eigenvalue weighted by Gasteiger charge is -2.09. The predicted octanol–water partition coefficient (Wildman–Crippen LogP) is 4.66. The van der Waals surface area contributed by atoms with Gasteiger partial charge in [-0.15, -0.1) is 0 Å². The molecule has 0 amide bonds. The first kappa shape index (κ1) is 13.5. The molecule has 2 heteroatoms. The van der Waals surface area contributed by atoms with E-state index in [4.69, 9.17) is 5.73 Å². The first-order valence-corrected chi connectivity index (χ1v) is 6.91. The fraction of sp³-hybridized carbons (Fsp3) is 0.294. The fourth-order valence-corrected chi connectivity index (χ4v) is 2.06. The third-order valence-electron chi connectivity index (χ3n) is 3.33. The summed E-state index contributed by atoms with van der Waals surface area (Å²) in [5, 5.41) is 3.40. The molecule has 0 heterocycles. The van der Waals surface area contributed by atoms with Crippen LogP contribution < -0.4 is 11.1 Å². The van der Waals surface area contributed by atoms with Crippen LogP contribution in [0.1, 0.15) is 30.9 Å². The number of rotatable bonds is 5. The first-order valence-electron chi connectivity index (χ1n) is 6.91. The quantitative estimate of drug-likeness (QED) is 0.761. The van der Waals surface area contributed by atoms with E-state index < -0.39 is 0 Å². The van der Waals surface area contributed by atoms with Crippen molar-refractivity contribution in [2.45, 2.75) is 33.1 Å². The minimum Gasteiger partial charge on any atom is -0.399 e. The normalized spacial score (nSPS) is 10.4. The van der Waals surface area contributed by atoms with Crippen LogP contribution in [0, 0.1) is 6.92 Å². The van der Waals surface area contributed by atoms with E-state index in [1.54, 1.807) is 0 Å². The lowest BCUT2D eigenvalue weighted by molar-refractivity contribution is 0.795. The molecule has 0 aliphatic carbocycles. The molecule has 0 saturated carbocycles. The Morgan fingerprint density at radius 3 is 2.32 bits per heavy atom. The molecular weight excluding hydrogens is 232 g/mol. The number of hydrogen-bond donors (Lipinski definition) is 2. The average molecular weight is 254 g/mol. The molecule has 2 rings (SSSR count). The van der Waals surface area contributed by atoms with Crippen LogP contribution in [-0.2, 0) is 6.42 Å². The molecule has 2 aromatic rings. The molecule has 0 saturated heterocycles. The van der Waals surface area contributed by atoms with Crippen molar-refractivity contribution in [2.24, 2.45) is 0 Å². The van der Waals surface area contributed by atoms with Gasteiger partial charge in [-0.1, -0.05) is 25.5 Å². The number of aryl methyl sites for hydroxylation is 2. The Bertz CT molecular complexity index is 529. The van der Waals surface area contributed by atoms with Crippen LogP contribution in [0.4, 0.5) is 17.1 Å². The second-order valence-electron chi connectivity index (χ2n) is 5.00. The minimum atomic E-state index is 0.834. The van der Waals surface area contributed by atoms with Gasteiger partial charge in [0.2, 0.25) is 0 Å². The van der Waals surface area contributed by atoms with Gasteiger partial charge in [0.15, 0.2) is 0 Å². The average Bonchev–Trinajstić information content (AvgIpc) is 2.42. The Labute approximate surface area is 115 Å². The first-order chi connectivity index (χ1) is 9.19. The summed E-state index contributed by atoms with van der Waals surface area (Å²) in [5.41, 5.74) is 11.4. The predicted molar refractivity (Wildman–Crippen MR) is 83.9 cm³/mol. The highest BCUT2D eigenvalue weighted by Gasteiger charge is 1.98. The van der Waals surface area contributed by atoms with Gasteiger partial charge in [-0.05, 0) is 61.2 Å². The number of nitrogens with one attached hydrogen (secondary N) is 1. The molecule has 0 spiro atoms. The van der Waals surface area contributed by atoms with Gasteiger partial charge in [-0.2, -0.15) is 0 Å². The maximum Gasteiger partial charge on any atom is 0.0388 e. The monoisotopic (exact) mass is 254 g/mol. The van der Waals surface area contributed by atoms with Crippen molar-refractivity contribution in [3.63, 3.8) is 0 Å². The zero-order valence-corrected chi connectivity index (χ0v) is 11.7. The van der Waals surface area contributed by atoms with Gasteiger partial charge in [0.1, 0.15) is 0 Å². The molecule has 3 N–H and O–H groups in total. The number of benzene rings is 2. The number of unbranched alkanes of at least 4 members (excludes halogenated alkanes) is 1. The van der Waals surface area contributed by atoms with E-state index in [9.17, 15) is 0 Å². The second-order valence-corrected chi connectivity index (χ2v) is 5.00. The molecule has 0 aromatic heterocycles. The van der Waals surface area contributed by atoms with Crippen molar-refractivity contribution in [1.29, 1.82) is 0 Å². The highest BCUT2D eigenvalue weighted by Crippen LogP contribution is 2.21. The van der Waals surface area contributed by atoms with Gasteiger partial charge in [0, 0.05) is 17.1 Å². The Balaban J connectivity index is 2.04. The second kappa shape index (κ2) is 6.28. The summed E-state index contributed by atoms with van der Waals surface area (Å²) >= 11 is 0. The largest absolute Gasteiger partial charge is 0.399 e. The Hall–Kier alpha value is -1.96. The van der Waals surface area contributed by atoms with Gasteiger partial charge in [0.05, 0.1) is 0 Å². The third-order valence-corrected chi connectivity index (χ3v) is 3.33. The molecule has 100 valence electrons. The van der Waals surface area contributed by atoms with Gasteiger partial charge in [0.25, 0.3) is 0 Å². The van der Waals surface area contributed by atoms with Crippen LogP contribution >= 0.6 is 0 Å². The van der Waals surface area contributed by atoms with Crippen molar-refractivity contribution in [3.05, 3.63) is 53.6 Å². The zero-order valence-electron chi connectivity index (χ0n) is 11.7. The number of nitrogen functional groups attached to an aromatic ring is 1. The van der Waals surface area contributed by atoms with E-state index in [0.717, 1.165) is 29.0 Å². The molecule has 0 atom stereocenters. The van der Waals surface area contributed by atoms with E-state index in [2.05, 4.69) is 42.6 Å². The zero-order chi connectivity index (χ0) is 13.7. The number of nitrogens with two attached hydrogens (primary N) is 1. The van der Waals surface area contributed by atoms with Gasteiger partial charge < -0.3 is 11.1 Å². The Kier molecular flexibility index (Phi) is 4.45. The highest BCUT2D eigenvalue weighted by atomic mass is 14.9. The molecule has 2 nitrogen and oxygen atoms in total. The molecular formula is C17H22N2. The topological polar surface area (TPSA) is 38.0 Å². The van der Waals surface area contributed by atoms with Gasteiger partial charge in [-0.3, -0.25) is 0 Å². The SMILES string of the molecule is CCCCc1ccc(Nc2ccc(N)c(C)c2)cc1. The molecule has 0 aliphatic rings. The van der Waals surface area contributed by atoms with Crippen LogP contribution in [-0.4, -0.2) is 0 Å². The van der Waals surface area contributed by atoms with Crippen LogP contribution in [0.15, 0.2) is 42.5 Å². The van der Waals surface area contributed by atoms with E-state index in [1.807, 2.05) is 19.1 Å². The maximum atomic E-state index is 5.82. The lowest BCUT2D eigenvalue weighted by atomic mass is 10.1. The Morgan fingerprint density at radius 2 is 1.68 bits per heavy atom. The van der Waals surface area contributed by atoms with Crippen LogP contribution in [0.5, 0.6) is 0 Å². The van der Waals surface area contributed by atoms with E-state index in [-0.39, 0.29) is 0 Å². The number of anilines is 3. The van der Waals surface area contributed by atoms with Crippen LogP contribution in [0.3, 0.4) is 0 Å². The summed E-state index contributed by atoms with van der Waals surface area (Å²) in [6.07, 6.45) is 3.66. The maximum absolute atomic E-state index is 5.82. The summed E-state index contributed by atoms with van der Waals surface area (Å²) in [6, 6.07) is 14.7. The number of hydrogen-bond acceptors (Lipinski definition) is 2. The standard InChI is InChI=1S/C17H22N2/c1-3-4-5-14-6-8-15(9-7-14)19-16-10-11-17(18)13(2)12-16/h6-12,19H,3-5,18H2,1-2H3. The summed E-state index contributed by atoms with van der Waals surface area (Å²) in [7, 11) is 0. The van der Waals surface area contributed by atoms with Crippen molar-refractivity contribution in [2.75, 3.05) is 11.1 Å². The Morgan fingerprint density at radius 1 is 1.00 bits per heavy atom. The molecule has 0 bridgehead atoms. The van der Waals surface area contributed by atoms with Gasteiger partial charge in [-0.25, -0.2) is 0 Å². The molecule has 19 heavy (non-hydrogen) atoms. The van der Waals surface area contributed by atoms with E-state index in [1.165, 1.54) is 18.4 Å². The van der Waals surface area contributed by atoms with Crippen molar-refractivity contribution >= 4 is 17.1 Å². The lowest BCUT2D eigenvalue weighted by Crippen LogP contribution is -1.94.